The minimum absolute atomic E-state index is 0.197. The summed E-state index contributed by atoms with van der Waals surface area (Å²) < 4.78 is 0. The summed E-state index contributed by atoms with van der Waals surface area (Å²) in [7, 11) is 0. The number of carboxylic acid groups (broad SMARTS) is 1. The van der Waals surface area contributed by atoms with Gasteiger partial charge in [0.15, 0.2) is 0 Å². The van der Waals surface area contributed by atoms with Crippen LogP contribution in [0.4, 0.5) is 0 Å². The van der Waals surface area contributed by atoms with Crippen molar-refractivity contribution in [1.29, 1.82) is 0 Å². The molecule has 0 aliphatic carbocycles. The molecule has 0 radical (unpaired) electrons. The summed E-state index contributed by atoms with van der Waals surface area (Å²) >= 11 is 2.07. The van der Waals surface area contributed by atoms with Crippen LogP contribution in [0.5, 0.6) is 0 Å². The largest absolute Gasteiger partial charge is 0.480 e. The van der Waals surface area contributed by atoms with Crippen LogP contribution in [-0.2, 0) is 4.79 Å². The SMILES string of the molecule is CC1SCCC1N1CCCN(CC(=O)O)CC1. The van der Waals surface area contributed by atoms with Gasteiger partial charge in [0, 0.05) is 30.9 Å². The number of thioether (sulfide) groups is 1. The third-order valence-electron chi connectivity index (χ3n) is 3.79. The van der Waals surface area contributed by atoms with Gasteiger partial charge in [0.2, 0.25) is 0 Å². The second-order valence-electron chi connectivity index (χ2n) is 4.99. The molecular weight excluding hydrogens is 236 g/mol. The van der Waals surface area contributed by atoms with E-state index in [1.807, 2.05) is 0 Å². The highest BCUT2D eigenvalue weighted by Crippen LogP contribution is 2.30. The number of rotatable bonds is 3. The number of hydrogen-bond acceptors (Lipinski definition) is 4. The molecule has 0 aromatic carbocycles. The van der Waals surface area contributed by atoms with Gasteiger partial charge in [-0.05, 0) is 25.1 Å². The summed E-state index contributed by atoms with van der Waals surface area (Å²) in [4.78, 5) is 15.4. The molecule has 5 heteroatoms. The molecule has 2 aliphatic heterocycles. The van der Waals surface area contributed by atoms with Crippen LogP contribution in [0, 0.1) is 0 Å². The van der Waals surface area contributed by atoms with Crippen LogP contribution in [-0.4, -0.2) is 70.6 Å². The topological polar surface area (TPSA) is 43.8 Å². The van der Waals surface area contributed by atoms with Crippen LogP contribution in [0.15, 0.2) is 0 Å². The molecule has 2 unspecified atom stereocenters. The zero-order chi connectivity index (χ0) is 12.3. The minimum Gasteiger partial charge on any atom is -0.480 e. The maximum absolute atomic E-state index is 10.7. The standard InChI is InChI=1S/C12H22N2O2S/c1-10-11(3-8-17-10)14-5-2-4-13(6-7-14)9-12(15)16/h10-11H,2-9H2,1H3,(H,15,16). The highest BCUT2D eigenvalue weighted by atomic mass is 32.2. The van der Waals surface area contributed by atoms with Crippen molar-refractivity contribution < 1.29 is 9.90 Å². The molecule has 2 rings (SSSR count). The van der Waals surface area contributed by atoms with E-state index in [2.05, 4.69) is 28.5 Å². The summed E-state index contributed by atoms with van der Waals surface area (Å²) in [5.41, 5.74) is 0. The Bertz CT molecular complexity index is 275. The quantitative estimate of drug-likeness (QED) is 0.817. The molecule has 0 saturated carbocycles. The number of aliphatic carboxylic acids is 1. The molecule has 2 saturated heterocycles. The highest BCUT2D eigenvalue weighted by Gasteiger charge is 2.30. The first-order valence-corrected chi connectivity index (χ1v) is 7.51. The van der Waals surface area contributed by atoms with E-state index >= 15 is 0 Å². The first-order valence-electron chi connectivity index (χ1n) is 6.46. The van der Waals surface area contributed by atoms with Crippen LogP contribution < -0.4 is 0 Å². The van der Waals surface area contributed by atoms with Crippen LogP contribution in [0.1, 0.15) is 19.8 Å². The van der Waals surface area contributed by atoms with E-state index in [1.165, 1.54) is 12.2 Å². The normalized spacial score (nSPS) is 32.5. The molecule has 98 valence electrons. The monoisotopic (exact) mass is 258 g/mol. The van der Waals surface area contributed by atoms with E-state index in [1.54, 1.807) is 0 Å². The van der Waals surface area contributed by atoms with Gasteiger partial charge in [-0.1, -0.05) is 6.92 Å². The third-order valence-corrected chi connectivity index (χ3v) is 5.10. The third kappa shape index (κ3) is 3.60. The lowest BCUT2D eigenvalue weighted by atomic mass is 10.1. The number of hydrogen-bond donors (Lipinski definition) is 1. The van der Waals surface area contributed by atoms with Gasteiger partial charge in [0.1, 0.15) is 0 Å². The lowest BCUT2D eigenvalue weighted by Crippen LogP contribution is -2.41. The van der Waals surface area contributed by atoms with Crippen molar-refractivity contribution >= 4 is 17.7 Å². The second-order valence-corrected chi connectivity index (χ2v) is 6.48. The number of carboxylic acids is 1. The molecule has 0 aromatic heterocycles. The Kier molecular flexibility index (Phi) is 4.70. The Labute approximate surface area is 107 Å². The predicted octanol–water partition coefficient (Wildman–Crippen LogP) is 0.973. The first-order chi connectivity index (χ1) is 8.16. The average Bonchev–Trinajstić information content (AvgIpc) is 2.56. The molecule has 1 N–H and O–H groups in total. The van der Waals surface area contributed by atoms with E-state index in [4.69, 9.17) is 5.11 Å². The minimum atomic E-state index is -0.705. The molecule has 0 bridgehead atoms. The van der Waals surface area contributed by atoms with E-state index in [-0.39, 0.29) is 6.54 Å². The molecule has 17 heavy (non-hydrogen) atoms. The Morgan fingerprint density at radius 2 is 2.18 bits per heavy atom. The Balaban J connectivity index is 1.84. The molecule has 0 amide bonds. The van der Waals surface area contributed by atoms with Crippen LogP contribution in [0.3, 0.4) is 0 Å². The van der Waals surface area contributed by atoms with Gasteiger partial charge >= 0.3 is 5.97 Å². The van der Waals surface area contributed by atoms with E-state index in [0.717, 1.165) is 37.8 Å². The summed E-state index contributed by atoms with van der Waals surface area (Å²) in [6, 6.07) is 0.713. The summed E-state index contributed by atoms with van der Waals surface area (Å²) in [6.07, 6.45) is 2.39. The fraction of sp³-hybridized carbons (Fsp3) is 0.917. The molecule has 2 atom stereocenters. The van der Waals surface area contributed by atoms with Crippen LogP contribution in [0.2, 0.25) is 0 Å². The Morgan fingerprint density at radius 1 is 1.35 bits per heavy atom. The maximum Gasteiger partial charge on any atom is 0.317 e. The van der Waals surface area contributed by atoms with Crippen molar-refractivity contribution in [1.82, 2.24) is 9.80 Å². The van der Waals surface area contributed by atoms with Crippen LogP contribution >= 0.6 is 11.8 Å². The van der Waals surface area contributed by atoms with Gasteiger partial charge in [-0.25, -0.2) is 0 Å². The summed E-state index contributed by atoms with van der Waals surface area (Å²) in [6.45, 7) is 6.51. The van der Waals surface area contributed by atoms with Gasteiger partial charge < -0.3 is 5.11 Å². The van der Waals surface area contributed by atoms with Gasteiger partial charge in [-0.2, -0.15) is 11.8 Å². The predicted molar refractivity (Wildman–Crippen MR) is 70.6 cm³/mol. The number of carbonyl (C=O) groups is 1. The van der Waals surface area contributed by atoms with Gasteiger partial charge in [-0.15, -0.1) is 0 Å². The zero-order valence-corrected chi connectivity index (χ0v) is 11.3. The van der Waals surface area contributed by atoms with Gasteiger partial charge in [0.05, 0.1) is 6.54 Å². The maximum atomic E-state index is 10.7. The molecule has 4 nitrogen and oxygen atoms in total. The Hall–Kier alpha value is -0.260. The molecular formula is C12H22N2O2S. The average molecular weight is 258 g/mol. The van der Waals surface area contributed by atoms with E-state index < -0.39 is 5.97 Å². The Morgan fingerprint density at radius 3 is 2.82 bits per heavy atom. The fourth-order valence-electron chi connectivity index (χ4n) is 2.87. The molecule has 2 fully saturated rings. The van der Waals surface area contributed by atoms with Crippen molar-refractivity contribution in [2.75, 3.05) is 38.5 Å². The van der Waals surface area contributed by atoms with E-state index in [0.29, 0.717) is 6.04 Å². The summed E-state index contributed by atoms with van der Waals surface area (Å²) in [5, 5.41) is 9.56. The van der Waals surface area contributed by atoms with Crippen molar-refractivity contribution in [3.8, 4) is 0 Å². The molecule has 0 spiro atoms. The zero-order valence-electron chi connectivity index (χ0n) is 10.5. The second kappa shape index (κ2) is 6.07. The van der Waals surface area contributed by atoms with Crippen molar-refractivity contribution in [2.24, 2.45) is 0 Å². The van der Waals surface area contributed by atoms with Gasteiger partial charge in [-0.3, -0.25) is 14.6 Å². The van der Waals surface area contributed by atoms with Crippen molar-refractivity contribution in [2.45, 2.75) is 31.1 Å². The highest BCUT2D eigenvalue weighted by molar-refractivity contribution is 8.00. The molecule has 0 aromatic rings. The smallest absolute Gasteiger partial charge is 0.317 e. The lowest BCUT2D eigenvalue weighted by Gasteiger charge is -2.29. The molecule has 2 aliphatic rings. The van der Waals surface area contributed by atoms with E-state index in [9.17, 15) is 4.79 Å². The van der Waals surface area contributed by atoms with Crippen molar-refractivity contribution in [3.63, 3.8) is 0 Å². The fourth-order valence-corrected chi connectivity index (χ4v) is 4.15. The van der Waals surface area contributed by atoms with Gasteiger partial charge in [0.25, 0.3) is 0 Å². The first kappa shape index (κ1) is 13.2. The lowest BCUT2D eigenvalue weighted by molar-refractivity contribution is -0.138. The number of nitrogens with zero attached hydrogens (tertiary/aromatic N) is 2. The molecule has 2 heterocycles. The summed E-state index contributed by atoms with van der Waals surface area (Å²) in [5.74, 6) is 0.574. The van der Waals surface area contributed by atoms with Crippen LogP contribution in [0.25, 0.3) is 0 Å². The van der Waals surface area contributed by atoms with Crippen molar-refractivity contribution in [3.05, 3.63) is 0 Å².